The number of hydrogen-bond donors (Lipinski definition) is 1. The maximum atomic E-state index is 13.0. The fraction of sp³-hybridized carbons (Fsp3) is 0.192. The molecule has 1 amide bonds. The second-order valence-corrected chi connectivity index (χ2v) is 10.2. The van der Waals surface area contributed by atoms with Crippen molar-refractivity contribution in [1.29, 1.82) is 0 Å². The molecule has 0 radical (unpaired) electrons. The summed E-state index contributed by atoms with van der Waals surface area (Å²) in [7, 11) is -3.58. The fourth-order valence-electron chi connectivity index (χ4n) is 3.61. The molecule has 0 spiro atoms. The molecule has 0 aliphatic rings. The average molecular weight is 476 g/mol. The summed E-state index contributed by atoms with van der Waals surface area (Å²) in [5, 5.41) is 2.85. The monoisotopic (exact) mass is 475 g/mol. The van der Waals surface area contributed by atoms with E-state index in [9.17, 15) is 13.2 Å². The molecule has 1 N–H and O–H groups in total. The summed E-state index contributed by atoms with van der Waals surface area (Å²) >= 11 is 0. The summed E-state index contributed by atoms with van der Waals surface area (Å²) in [5.41, 5.74) is 4.20. The highest BCUT2D eigenvalue weighted by Crippen LogP contribution is 2.26. The van der Waals surface area contributed by atoms with Gasteiger partial charge in [-0.1, -0.05) is 12.1 Å². The quantitative estimate of drug-likeness (QED) is 0.420. The van der Waals surface area contributed by atoms with Gasteiger partial charge in [-0.15, -0.1) is 0 Å². The van der Waals surface area contributed by atoms with Crippen LogP contribution in [0.25, 0.3) is 11.5 Å². The van der Waals surface area contributed by atoms with E-state index in [1.54, 1.807) is 55.7 Å². The number of nitrogens with zero attached hydrogens (tertiary/aromatic N) is 2. The molecule has 2 aromatic carbocycles. The topological polar surface area (TPSA) is 102 Å². The first-order chi connectivity index (χ1) is 16.2. The van der Waals surface area contributed by atoms with E-state index in [1.165, 1.54) is 0 Å². The van der Waals surface area contributed by atoms with E-state index < -0.39 is 9.84 Å². The number of hydrogen-bond acceptors (Lipinski definition) is 6. The van der Waals surface area contributed by atoms with Crippen molar-refractivity contribution in [3.63, 3.8) is 0 Å². The molecular weight excluding hydrogens is 450 g/mol. The molecule has 34 heavy (non-hydrogen) atoms. The van der Waals surface area contributed by atoms with E-state index in [0.717, 1.165) is 16.7 Å². The standard InChI is InChI=1S/C26H25N3O4S/c1-17-11-18(2)13-23(12-17)34(31,32)16-24-19(3)33-26(29-24)22-8-6-21(7-9-22)25(30)28-15-20-5-4-10-27-14-20/h4-14H,15-16H2,1-3H3,(H,28,30). The molecular formula is C26H25N3O4S. The molecule has 2 aromatic heterocycles. The van der Waals surface area contributed by atoms with Crippen LogP contribution < -0.4 is 5.32 Å². The van der Waals surface area contributed by atoms with Gasteiger partial charge in [-0.25, -0.2) is 13.4 Å². The summed E-state index contributed by atoms with van der Waals surface area (Å²) in [6.07, 6.45) is 3.38. The Bertz CT molecular complexity index is 1410. The lowest BCUT2D eigenvalue weighted by molar-refractivity contribution is 0.0951. The zero-order valence-electron chi connectivity index (χ0n) is 19.2. The Hall–Kier alpha value is -3.78. The predicted octanol–water partition coefficient (Wildman–Crippen LogP) is 4.57. The molecule has 0 aliphatic carbocycles. The van der Waals surface area contributed by atoms with Gasteiger partial charge in [-0.2, -0.15) is 0 Å². The maximum absolute atomic E-state index is 13.0. The molecule has 4 aromatic rings. The third-order valence-electron chi connectivity index (χ3n) is 5.34. The van der Waals surface area contributed by atoms with E-state index in [4.69, 9.17) is 4.42 Å². The molecule has 4 rings (SSSR count). The summed E-state index contributed by atoms with van der Waals surface area (Å²) in [6, 6.07) is 15.8. The van der Waals surface area contributed by atoms with Gasteiger partial charge in [0.2, 0.25) is 5.89 Å². The van der Waals surface area contributed by atoms with Gasteiger partial charge in [0.05, 0.1) is 10.6 Å². The van der Waals surface area contributed by atoms with Crippen LogP contribution in [0.2, 0.25) is 0 Å². The Morgan fingerprint density at radius 3 is 2.35 bits per heavy atom. The van der Waals surface area contributed by atoms with Crippen LogP contribution in [0.4, 0.5) is 0 Å². The fourth-order valence-corrected chi connectivity index (χ4v) is 5.14. The van der Waals surface area contributed by atoms with Crippen molar-refractivity contribution in [2.75, 3.05) is 0 Å². The van der Waals surface area contributed by atoms with Crippen LogP contribution in [0.5, 0.6) is 0 Å². The van der Waals surface area contributed by atoms with Gasteiger partial charge in [0.25, 0.3) is 5.91 Å². The number of sulfone groups is 1. The molecule has 8 heteroatoms. The van der Waals surface area contributed by atoms with Gasteiger partial charge < -0.3 is 9.73 Å². The smallest absolute Gasteiger partial charge is 0.251 e. The Morgan fingerprint density at radius 1 is 1.00 bits per heavy atom. The average Bonchev–Trinajstić information content (AvgIpc) is 3.17. The zero-order chi connectivity index (χ0) is 24.3. The van der Waals surface area contributed by atoms with Crippen molar-refractivity contribution < 1.29 is 17.6 Å². The van der Waals surface area contributed by atoms with Crippen LogP contribution in [0, 0.1) is 20.8 Å². The van der Waals surface area contributed by atoms with E-state index in [2.05, 4.69) is 15.3 Å². The number of aromatic nitrogens is 2. The van der Waals surface area contributed by atoms with Crippen LogP contribution in [-0.2, 0) is 22.1 Å². The third-order valence-corrected chi connectivity index (χ3v) is 6.95. The first-order valence-corrected chi connectivity index (χ1v) is 12.4. The lowest BCUT2D eigenvalue weighted by atomic mass is 10.1. The van der Waals surface area contributed by atoms with Crippen molar-refractivity contribution in [3.05, 3.63) is 101 Å². The minimum atomic E-state index is -3.58. The van der Waals surface area contributed by atoms with Crippen LogP contribution in [-0.4, -0.2) is 24.3 Å². The molecule has 0 fully saturated rings. The van der Waals surface area contributed by atoms with E-state index in [1.807, 2.05) is 32.0 Å². The molecule has 2 heterocycles. The first kappa shape index (κ1) is 23.4. The highest BCUT2D eigenvalue weighted by Gasteiger charge is 2.21. The lowest BCUT2D eigenvalue weighted by Gasteiger charge is -2.06. The molecule has 0 saturated heterocycles. The van der Waals surface area contributed by atoms with Crippen LogP contribution in [0.1, 0.15) is 38.5 Å². The van der Waals surface area contributed by atoms with Gasteiger partial charge in [-0.05, 0) is 79.9 Å². The van der Waals surface area contributed by atoms with Crippen LogP contribution >= 0.6 is 0 Å². The number of pyridine rings is 1. The number of amides is 1. The van der Waals surface area contributed by atoms with Gasteiger partial charge in [0.15, 0.2) is 9.84 Å². The van der Waals surface area contributed by atoms with Crippen LogP contribution in [0.3, 0.4) is 0 Å². The Labute approximate surface area is 198 Å². The molecule has 0 atom stereocenters. The molecule has 7 nitrogen and oxygen atoms in total. The number of carbonyl (C=O) groups excluding carboxylic acids is 1. The lowest BCUT2D eigenvalue weighted by Crippen LogP contribution is -2.22. The van der Waals surface area contributed by atoms with E-state index in [0.29, 0.717) is 35.0 Å². The number of carbonyl (C=O) groups is 1. The summed E-state index contributed by atoms with van der Waals surface area (Å²) in [6.45, 7) is 5.82. The molecule has 0 aliphatic heterocycles. The maximum Gasteiger partial charge on any atom is 0.251 e. The number of benzene rings is 2. The second kappa shape index (κ2) is 9.61. The normalized spacial score (nSPS) is 11.4. The summed E-state index contributed by atoms with van der Waals surface area (Å²) in [5.74, 6) is 0.297. The summed E-state index contributed by atoms with van der Waals surface area (Å²) in [4.78, 5) is 21.2. The van der Waals surface area contributed by atoms with Gasteiger partial charge >= 0.3 is 0 Å². The van der Waals surface area contributed by atoms with Crippen molar-refractivity contribution in [2.24, 2.45) is 0 Å². The number of aryl methyl sites for hydroxylation is 3. The Kier molecular flexibility index (Phi) is 6.61. The SMILES string of the molecule is Cc1cc(C)cc(S(=O)(=O)Cc2nc(-c3ccc(C(=O)NCc4cccnc4)cc3)oc2C)c1. The van der Waals surface area contributed by atoms with Gasteiger partial charge in [-0.3, -0.25) is 9.78 Å². The Balaban J connectivity index is 1.48. The van der Waals surface area contributed by atoms with E-state index in [-0.39, 0.29) is 16.6 Å². The number of nitrogens with one attached hydrogen (secondary N) is 1. The third kappa shape index (κ3) is 5.40. The minimum absolute atomic E-state index is 0.209. The van der Waals surface area contributed by atoms with Crippen molar-refractivity contribution in [2.45, 2.75) is 38.0 Å². The van der Waals surface area contributed by atoms with Crippen LogP contribution in [0.15, 0.2) is 76.3 Å². The van der Waals surface area contributed by atoms with Crippen molar-refractivity contribution >= 4 is 15.7 Å². The highest BCUT2D eigenvalue weighted by molar-refractivity contribution is 7.90. The van der Waals surface area contributed by atoms with Crippen molar-refractivity contribution in [3.8, 4) is 11.5 Å². The van der Waals surface area contributed by atoms with Gasteiger partial charge in [0.1, 0.15) is 11.5 Å². The Morgan fingerprint density at radius 2 is 1.71 bits per heavy atom. The molecule has 0 bridgehead atoms. The highest BCUT2D eigenvalue weighted by atomic mass is 32.2. The summed E-state index contributed by atoms with van der Waals surface area (Å²) < 4.78 is 31.7. The van der Waals surface area contributed by atoms with E-state index >= 15 is 0 Å². The molecule has 0 unspecified atom stereocenters. The zero-order valence-corrected chi connectivity index (χ0v) is 20.0. The first-order valence-electron chi connectivity index (χ1n) is 10.8. The van der Waals surface area contributed by atoms with Crippen molar-refractivity contribution in [1.82, 2.24) is 15.3 Å². The molecule has 0 saturated carbocycles. The number of rotatable bonds is 7. The minimum Gasteiger partial charge on any atom is -0.441 e. The number of oxazole rings is 1. The largest absolute Gasteiger partial charge is 0.441 e. The second-order valence-electron chi connectivity index (χ2n) is 8.23. The molecule has 174 valence electrons. The van der Waals surface area contributed by atoms with Gasteiger partial charge in [0, 0.05) is 30.1 Å². The predicted molar refractivity (Wildman–Crippen MR) is 129 cm³/mol.